The number of hydrogen-bond acceptors (Lipinski definition) is 11. The highest BCUT2D eigenvalue weighted by atomic mass is 32.1. The first-order chi connectivity index (χ1) is 22.2. The van der Waals surface area contributed by atoms with Gasteiger partial charge < -0.3 is 23.4 Å². The van der Waals surface area contributed by atoms with Crippen LogP contribution >= 0.6 is 11.3 Å². The van der Waals surface area contributed by atoms with Crippen molar-refractivity contribution in [2.24, 2.45) is 4.99 Å². The van der Waals surface area contributed by atoms with Crippen molar-refractivity contribution in [1.82, 2.24) is 4.57 Å². The first kappa shape index (κ1) is 32.4. The second-order valence-corrected chi connectivity index (χ2v) is 11.4. The van der Waals surface area contributed by atoms with E-state index in [0.29, 0.717) is 61.3 Å². The van der Waals surface area contributed by atoms with Crippen LogP contribution in [-0.4, -0.2) is 49.5 Å². The highest BCUT2D eigenvalue weighted by Crippen LogP contribution is 2.41. The van der Waals surface area contributed by atoms with Crippen LogP contribution in [0.4, 0.5) is 5.69 Å². The topological polar surface area (TPSA) is 145 Å². The molecule has 13 heteroatoms. The smallest absolute Gasteiger partial charge is 0.338 e. The molecule has 0 N–H and O–H groups in total. The number of nitrogens with zero attached hydrogens (tertiary/aromatic N) is 3. The number of benzene rings is 2. The van der Waals surface area contributed by atoms with Gasteiger partial charge in [-0.05, 0) is 38.5 Å². The number of aryl methyl sites for hydroxylation is 1. The Bertz CT molecular complexity index is 2000. The zero-order valence-corrected chi connectivity index (χ0v) is 26.8. The number of carbonyl (C=O) groups excluding carboxylic acids is 1. The Morgan fingerprint density at radius 3 is 2.65 bits per heavy atom. The minimum atomic E-state index is -0.935. The molecule has 2 aromatic heterocycles. The largest absolute Gasteiger partial charge is 0.493 e. The number of esters is 1. The Balaban J connectivity index is 1.65. The molecule has 3 heterocycles. The maximum atomic E-state index is 14.1. The van der Waals surface area contributed by atoms with E-state index < -0.39 is 22.5 Å². The molecule has 0 fully saturated rings. The fourth-order valence-corrected chi connectivity index (χ4v) is 6.14. The summed E-state index contributed by atoms with van der Waals surface area (Å²) >= 11 is 1.14. The second kappa shape index (κ2) is 14.0. The first-order valence-corrected chi connectivity index (χ1v) is 15.3. The van der Waals surface area contributed by atoms with E-state index in [9.17, 15) is 19.7 Å². The molecular weight excluding hydrogens is 614 g/mol. The lowest BCUT2D eigenvalue weighted by molar-refractivity contribution is -0.385. The number of methoxy groups -OCH3 is 2. The zero-order chi connectivity index (χ0) is 33.0. The third kappa shape index (κ3) is 6.37. The number of carbonyl (C=O) groups is 1. The van der Waals surface area contributed by atoms with Crippen molar-refractivity contribution < 1.29 is 33.1 Å². The maximum Gasteiger partial charge on any atom is 0.338 e. The van der Waals surface area contributed by atoms with Gasteiger partial charge in [-0.3, -0.25) is 19.5 Å². The standard InChI is InChI=1S/C33H33N3O9S/c1-6-14-43-30-23(8-7-9-26(30)42-5)29-28(32(38)44-16-15-41-4)20(3)34-33-35(29)31(37)27(46-33)18-22-12-13-25(45-22)21-11-10-19(2)24(17-21)36(39)40/h7-13,17-18,29H,6,14-16H2,1-5H3/b27-18+/t29-/m0/s1. The molecular formula is C33H33N3O9S. The molecule has 0 spiro atoms. The molecule has 0 aliphatic carbocycles. The summed E-state index contributed by atoms with van der Waals surface area (Å²) in [5, 5.41) is 11.4. The van der Waals surface area contributed by atoms with Gasteiger partial charge in [0.05, 0.1) is 41.0 Å². The molecule has 0 saturated heterocycles. The van der Waals surface area contributed by atoms with Crippen LogP contribution in [0.2, 0.25) is 0 Å². The molecule has 2 aromatic carbocycles. The number of nitro benzene ring substituents is 1. The molecule has 1 aliphatic heterocycles. The number of rotatable bonds is 12. The molecule has 4 aromatic rings. The van der Waals surface area contributed by atoms with E-state index >= 15 is 0 Å². The van der Waals surface area contributed by atoms with Crippen molar-refractivity contribution in [1.29, 1.82) is 0 Å². The zero-order valence-electron chi connectivity index (χ0n) is 26.0. The van der Waals surface area contributed by atoms with Crippen molar-refractivity contribution in [2.45, 2.75) is 33.2 Å². The number of ether oxygens (including phenoxy) is 4. The summed E-state index contributed by atoms with van der Waals surface area (Å²) in [7, 11) is 3.03. The van der Waals surface area contributed by atoms with Crippen LogP contribution < -0.4 is 24.4 Å². The lowest BCUT2D eigenvalue weighted by atomic mass is 9.94. The quantitative estimate of drug-likeness (QED) is 0.0925. The van der Waals surface area contributed by atoms with Crippen LogP contribution in [0, 0.1) is 17.0 Å². The van der Waals surface area contributed by atoms with Gasteiger partial charge in [0.1, 0.15) is 24.2 Å². The molecule has 0 saturated carbocycles. The molecule has 5 rings (SSSR count). The number of fused-ring (bicyclic) bond motifs is 1. The van der Waals surface area contributed by atoms with E-state index in [-0.39, 0.29) is 24.5 Å². The van der Waals surface area contributed by atoms with Crippen LogP contribution in [0.3, 0.4) is 0 Å². The average molecular weight is 648 g/mol. The third-order valence-corrected chi connectivity index (χ3v) is 8.31. The number of aromatic nitrogens is 1. The van der Waals surface area contributed by atoms with Gasteiger partial charge in [0, 0.05) is 35.9 Å². The van der Waals surface area contributed by atoms with Crippen molar-refractivity contribution in [3.05, 3.63) is 106 Å². The van der Waals surface area contributed by atoms with Crippen molar-refractivity contribution in [3.8, 4) is 22.8 Å². The Labute approximate surface area is 268 Å². The van der Waals surface area contributed by atoms with Gasteiger partial charge in [0.2, 0.25) is 0 Å². The van der Waals surface area contributed by atoms with Crippen molar-refractivity contribution in [2.75, 3.05) is 34.0 Å². The highest BCUT2D eigenvalue weighted by Gasteiger charge is 2.36. The summed E-state index contributed by atoms with van der Waals surface area (Å²) in [5.41, 5.74) is 1.76. The molecule has 240 valence electrons. The predicted molar refractivity (Wildman–Crippen MR) is 171 cm³/mol. The van der Waals surface area contributed by atoms with Crippen LogP contribution in [0.5, 0.6) is 11.5 Å². The Kier molecular flexibility index (Phi) is 9.83. The van der Waals surface area contributed by atoms with Crippen LogP contribution in [0.15, 0.2) is 74.0 Å². The molecule has 0 unspecified atom stereocenters. The SMILES string of the molecule is CCCOc1c(OC)cccc1[C@H]1C(C(=O)OCCOC)=C(C)N=c2s/c(=C/c3ccc(-c4ccc(C)c([N+](=O)[O-])c4)o3)c(=O)n21. The normalized spacial score (nSPS) is 14.5. The summed E-state index contributed by atoms with van der Waals surface area (Å²) in [4.78, 5) is 43.7. The lowest BCUT2D eigenvalue weighted by Crippen LogP contribution is -2.40. The van der Waals surface area contributed by atoms with Crippen LogP contribution in [0.25, 0.3) is 17.4 Å². The molecule has 1 aliphatic rings. The fourth-order valence-electron chi connectivity index (χ4n) is 5.11. The first-order valence-electron chi connectivity index (χ1n) is 14.5. The molecule has 0 bridgehead atoms. The van der Waals surface area contributed by atoms with Gasteiger partial charge in [-0.2, -0.15) is 0 Å². The van der Waals surface area contributed by atoms with Gasteiger partial charge in [-0.1, -0.05) is 42.5 Å². The Morgan fingerprint density at radius 2 is 1.93 bits per heavy atom. The lowest BCUT2D eigenvalue weighted by Gasteiger charge is -2.27. The minimum absolute atomic E-state index is 0.0180. The van der Waals surface area contributed by atoms with E-state index in [0.717, 1.165) is 17.8 Å². The number of hydrogen-bond donors (Lipinski definition) is 0. The number of thiazole rings is 1. The van der Waals surface area contributed by atoms with E-state index in [4.69, 9.17) is 23.4 Å². The maximum absolute atomic E-state index is 14.1. The van der Waals surface area contributed by atoms with Crippen LogP contribution in [-0.2, 0) is 14.3 Å². The summed E-state index contributed by atoms with van der Waals surface area (Å²) < 4.78 is 30.1. The van der Waals surface area contributed by atoms with Gasteiger partial charge in [0.25, 0.3) is 11.2 Å². The Hall–Kier alpha value is -5.01. The molecule has 0 radical (unpaired) electrons. The number of nitro groups is 1. The van der Waals surface area contributed by atoms with Gasteiger partial charge in [0.15, 0.2) is 16.3 Å². The number of para-hydroxylation sites is 1. The van der Waals surface area contributed by atoms with E-state index in [1.54, 1.807) is 62.4 Å². The van der Waals surface area contributed by atoms with E-state index in [1.807, 2.05) is 6.92 Å². The number of allylic oxidation sites excluding steroid dienone is 1. The molecule has 1 atom stereocenters. The van der Waals surface area contributed by atoms with Crippen molar-refractivity contribution >= 4 is 29.1 Å². The second-order valence-electron chi connectivity index (χ2n) is 10.4. The average Bonchev–Trinajstić information content (AvgIpc) is 3.63. The van der Waals surface area contributed by atoms with Gasteiger partial charge in [-0.25, -0.2) is 9.79 Å². The van der Waals surface area contributed by atoms with E-state index in [2.05, 4.69) is 4.99 Å². The fraction of sp³-hybridized carbons (Fsp3) is 0.303. The van der Waals surface area contributed by atoms with Gasteiger partial charge in [-0.15, -0.1) is 0 Å². The minimum Gasteiger partial charge on any atom is -0.493 e. The summed E-state index contributed by atoms with van der Waals surface area (Å²) in [5.74, 6) is 1.000. The Morgan fingerprint density at radius 1 is 1.13 bits per heavy atom. The van der Waals surface area contributed by atoms with Gasteiger partial charge >= 0.3 is 5.97 Å². The monoisotopic (exact) mass is 647 g/mol. The van der Waals surface area contributed by atoms with E-state index in [1.165, 1.54) is 24.9 Å². The molecule has 46 heavy (non-hydrogen) atoms. The summed E-state index contributed by atoms with van der Waals surface area (Å²) in [6.07, 6.45) is 2.31. The molecule has 0 amide bonds. The number of furan rings is 1. The van der Waals surface area contributed by atoms with Crippen LogP contribution in [0.1, 0.15) is 43.2 Å². The summed E-state index contributed by atoms with van der Waals surface area (Å²) in [6, 6.07) is 12.6. The molecule has 12 nitrogen and oxygen atoms in total. The predicted octanol–water partition coefficient (Wildman–Crippen LogP) is 4.70. The highest BCUT2D eigenvalue weighted by molar-refractivity contribution is 7.07. The van der Waals surface area contributed by atoms with Crippen molar-refractivity contribution in [3.63, 3.8) is 0 Å². The summed E-state index contributed by atoms with van der Waals surface area (Å²) in [6.45, 7) is 5.94. The third-order valence-electron chi connectivity index (χ3n) is 7.33.